The largest absolute Gasteiger partial charge is 0.393 e. The summed E-state index contributed by atoms with van der Waals surface area (Å²) in [5.74, 6) is 0.858. The van der Waals surface area contributed by atoms with Crippen LogP contribution in [0.3, 0.4) is 0 Å². The van der Waals surface area contributed by atoms with Crippen LogP contribution in [-0.2, 0) is 5.41 Å². The molecule has 0 aliphatic heterocycles. The number of nitrogens with one attached hydrogen (secondary N) is 1. The molecule has 0 saturated heterocycles. The maximum atomic E-state index is 9.21. The van der Waals surface area contributed by atoms with Crippen molar-refractivity contribution in [2.24, 2.45) is 0 Å². The van der Waals surface area contributed by atoms with E-state index in [2.05, 4.69) is 36.1 Å². The van der Waals surface area contributed by atoms with Crippen LogP contribution in [0, 0.1) is 0 Å². The van der Waals surface area contributed by atoms with Gasteiger partial charge in [0.2, 0.25) is 0 Å². The first-order chi connectivity index (χ1) is 7.45. The molecule has 0 aromatic carbocycles. The predicted octanol–water partition coefficient (Wildman–Crippen LogP) is 1.71. The number of hydrogen-bond donors (Lipinski definition) is 2. The Morgan fingerprint density at radius 3 is 2.56 bits per heavy atom. The van der Waals surface area contributed by atoms with Crippen molar-refractivity contribution in [1.82, 2.24) is 9.97 Å². The van der Waals surface area contributed by atoms with E-state index in [-0.39, 0.29) is 11.5 Å². The van der Waals surface area contributed by atoms with Crippen LogP contribution in [0.4, 0.5) is 5.82 Å². The van der Waals surface area contributed by atoms with E-state index in [9.17, 15) is 5.11 Å². The van der Waals surface area contributed by atoms with Crippen molar-refractivity contribution in [1.29, 1.82) is 0 Å². The molecule has 1 heterocycles. The van der Waals surface area contributed by atoms with Gasteiger partial charge in [-0.3, -0.25) is 0 Å². The van der Waals surface area contributed by atoms with E-state index in [0.29, 0.717) is 6.04 Å². The third-order valence-corrected chi connectivity index (χ3v) is 2.90. The molecular weight excluding hydrogens is 202 g/mol. The van der Waals surface area contributed by atoms with Gasteiger partial charge >= 0.3 is 0 Å². The molecule has 16 heavy (non-hydrogen) atoms. The van der Waals surface area contributed by atoms with E-state index in [1.165, 1.54) is 0 Å². The number of aliphatic hydroxyl groups is 1. The van der Waals surface area contributed by atoms with Crippen LogP contribution in [0.15, 0.2) is 12.4 Å². The molecule has 4 nitrogen and oxygen atoms in total. The lowest BCUT2D eigenvalue weighted by Gasteiger charge is -2.32. The van der Waals surface area contributed by atoms with Gasteiger partial charge in [-0.2, -0.15) is 0 Å². The van der Waals surface area contributed by atoms with Crippen molar-refractivity contribution in [3.05, 3.63) is 18.1 Å². The van der Waals surface area contributed by atoms with Crippen molar-refractivity contribution < 1.29 is 5.11 Å². The Bertz CT molecular complexity index is 367. The summed E-state index contributed by atoms with van der Waals surface area (Å²) in [5, 5.41) is 12.5. The third kappa shape index (κ3) is 2.50. The summed E-state index contributed by atoms with van der Waals surface area (Å²) in [6.07, 6.45) is 3.09. The van der Waals surface area contributed by atoms with Gasteiger partial charge in [-0.15, -0.1) is 0 Å². The molecule has 0 unspecified atom stereocenters. The highest BCUT2D eigenvalue weighted by Gasteiger charge is 2.27. The molecule has 0 spiro atoms. The van der Waals surface area contributed by atoms with Crippen molar-refractivity contribution in [2.75, 3.05) is 5.32 Å². The number of aromatic nitrogens is 2. The summed E-state index contributed by atoms with van der Waals surface area (Å²) < 4.78 is 0. The molecule has 2 N–H and O–H groups in total. The zero-order chi connectivity index (χ0) is 11.8. The van der Waals surface area contributed by atoms with Crippen LogP contribution >= 0.6 is 0 Å². The Labute approximate surface area is 96.1 Å². The first-order valence-corrected chi connectivity index (χ1v) is 5.72. The molecule has 1 aromatic rings. The number of nitrogens with zero attached hydrogens (tertiary/aromatic N) is 2. The molecule has 0 bridgehead atoms. The Balaban J connectivity index is 2.05. The van der Waals surface area contributed by atoms with Crippen molar-refractivity contribution >= 4 is 5.82 Å². The van der Waals surface area contributed by atoms with E-state index >= 15 is 0 Å². The normalized spacial score (nSPS) is 25.0. The smallest absolute Gasteiger partial charge is 0.129 e. The van der Waals surface area contributed by atoms with Crippen molar-refractivity contribution in [3.63, 3.8) is 0 Å². The molecule has 0 amide bonds. The highest BCUT2D eigenvalue weighted by atomic mass is 16.3. The average molecular weight is 221 g/mol. The number of hydrogen-bond acceptors (Lipinski definition) is 4. The summed E-state index contributed by atoms with van der Waals surface area (Å²) in [5.41, 5.74) is 1.07. The maximum Gasteiger partial charge on any atom is 0.129 e. The molecule has 1 saturated carbocycles. The lowest BCUT2D eigenvalue weighted by molar-refractivity contribution is 0.0835. The second-order valence-electron chi connectivity index (χ2n) is 5.50. The van der Waals surface area contributed by atoms with Gasteiger partial charge < -0.3 is 10.4 Å². The molecule has 2 rings (SSSR count). The van der Waals surface area contributed by atoms with E-state index in [4.69, 9.17) is 0 Å². The summed E-state index contributed by atoms with van der Waals surface area (Å²) in [6.45, 7) is 6.39. The fraction of sp³-hybridized carbons (Fsp3) is 0.667. The Kier molecular flexibility index (Phi) is 2.84. The standard InChI is InChI=1S/C12H19N3O/c1-12(2,3)10-6-11(14-7-13-10)15-8-4-9(16)5-8/h6-9,16H,4-5H2,1-3H3,(H,13,14,15)/t8-,9+. The molecule has 0 atom stereocenters. The van der Waals surface area contributed by atoms with Crippen molar-refractivity contribution in [3.8, 4) is 0 Å². The maximum absolute atomic E-state index is 9.21. The first kappa shape index (κ1) is 11.3. The van der Waals surface area contributed by atoms with Gasteiger partial charge in [0, 0.05) is 17.5 Å². The Morgan fingerprint density at radius 1 is 1.31 bits per heavy atom. The van der Waals surface area contributed by atoms with E-state index < -0.39 is 0 Å². The van der Waals surface area contributed by atoms with Crippen LogP contribution in [0.25, 0.3) is 0 Å². The number of aliphatic hydroxyl groups excluding tert-OH is 1. The molecular formula is C12H19N3O. The zero-order valence-electron chi connectivity index (χ0n) is 10.1. The second kappa shape index (κ2) is 4.01. The van der Waals surface area contributed by atoms with Gasteiger partial charge in [0.15, 0.2) is 0 Å². The highest BCUT2D eigenvalue weighted by Crippen LogP contribution is 2.25. The van der Waals surface area contributed by atoms with Crippen molar-refractivity contribution in [2.45, 2.75) is 51.2 Å². The fourth-order valence-electron chi connectivity index (χ4n) is 1.76. The van der Waals surface area contributed by atoms with E-state index in [1.807, 2.05) is 6.07 Å². The average Bonchev–Trinajstić information content (AvgIpc) is 2.14. The second-order valence-corrected chi connectivity index (χ2v) is 5.50. The fourth-order valence-corrected chi connectivity index (χ4v) is 1.76. The minimum Gasteiger partial charge on any atom is -0.393 e. The van der Waals surface area contributed by atoms with Gasteiger partial charge in [-0.05, 0) is 12.8 Å². The van der Waals surface area contributed by atoms with Crippen LogP contribution in [0.1, 0.15) is 39.3 Å². The lowest BCUT2D eigenvalue weighted by atomic mass is 9.89. The van der Waals surface area contributed by atoms with Gasteiger partial charge in [-0.1, -0.05) is 20.8 Å². The van der Waals surface area contributed by atoms with E-state index in [1.54, 1.807) is 6.33 Å². The highest BCUT2D eigenvalue weighted by molar-refractivity contribution is 5.38. The predicted molar refractivity (Wildman–Crippen MR) is 63.4 cm³/mol. The quantitative estimate of drug-likeness (QED) is 0.798. The molecule has 1 fully saturated rings. The first-order valence-electron chi connectivity index (χ1n) is 5.72. The van der Waals surface area contributed by atoms with Gasteiger partial charge in [0.05, 0.1) is 11.8 Å². The summed E-state index contributed by atoms with van der Waals surface area (Å²) in [7, 11) is 0. The summed E-state index contributed by atoms with van der Waals surface area (Å²) in [4.78, 5) is 8.47. The summed E-state index contributed by atoms with van der Waals surface area (Å²) in [6, 6.07) is 2.35. The molecule has 1 aliphatic rings. The van der Waals surface area contributed by atoms with E-state index in [0.717, 1.165) is 24.4 Å². The molecule has 88 valence electrons. The summed E-state index contributed by atoms with van der Waals surface area (Å²) >= 11 is 0. The number of anilines is 1. The third-order valence-electron chi connectivity index (χ3n) is 2.90. The minimum absolute atomic E-state index is 0.0402. The van der Waals surface area contributed by atoms with Crippen LogP contribution in [0.5, 0.6) is 0 Å². The number of rotatable bonds is 2. The molecule has 4 heteroatoms. The SMILES string of the molecule is CC(C)(C)c1cc(N[C@H]2C[C@@H](O)C2)ncn1. The van der Waals surface area contributed by atoms with Crippen LogP contribution in [-0.4, -0.2) is 27.2 Å². The Morgan fingerprint density at radius 2 is 2.00 bits per heavy atom. The molecule has 1 aromatic heterocycles. The minimum atomic E-state index is -0.138. The monoisotopic (exact) mass is 221 g/mol. The zero-order valence-corrected chi connectivity index (χ0v) is 10.1. The van der Waals surface area contributed by atoms with Gasteiger partial charge in [0.25, 0.3) is 0 Å². The van der Waals surface area contributed by atoms with Gasteiger partial charge in [-0.25, -0.2) is 9.97 Å². The van der Waals surface area contributed by atoms with Crippen LogP contribution in [0.2, 0.25) is 0 Å². The van der Waals surface area contributed by atoms with Crippen LogP contribution < -0.4 is 5.32 Å². The lowest BCUT2D eigenvalue weighted by Crippen LogP contribution is -2.39. The topological polar surface area (TPSA) is 58.0 Å². The Hall–Kier alpha value is -1.16. The van der Waals surface area contributed by atoms with Gasteiger partial charge in [0.1, 0.15) is 12.1 Å². The molecule has 0 radical (unpaired) electrons. The molecule has 1 aliphatic carbocycles.